The minimum atomic E-state index is -0.469. The molecule has 1 aromatic heterocycles. The van der Waals surface area contributed by atoms with Crippen molar-refractivity contribution in [3.63, 3.8) is 0 Å². The number of hydrogen-bond acceptors (Lipinski definition) is 7. The van der Waals surface area contributed by atoms with Crippen LogP contribution < -0.4 is 14.9 Å². The first-order chi connectivity index (χ1) is 16.4. The molecular formula is C26H24N2O6. The van der Waals surface area contributed by atoms with Crippen LogP contribution in [0.4, 0.5) is 0 Å². The Kier molecular flexibility index (Phi) is 6.77. The molecule has 8 heteroatoms. The summed E-state index contributed by atoms with van der Waals surface area (Å²) in [6.07, 6.45) is 1.25. The molecule has 0 fully saturated rings. The van der Waals surface area contributed by atoms with Crippen LogP contribution in [0.1, 0.15) is 30.0 Å². The standard InChI is InChI=1S/C26H24N2O6/c1-16(2)33-25(29)15-32-22-10-8-17(12-23(22)31-3)14-27-28-26(30)24-13-20-19-7-5-4-6-18(19)9-11-21(20)34-24/h4-14,16H,15H2,1-3H3,(H,28,30)/b27-14+. The van der Waals surface area contributed by atoms with Crippen LogP contribution in [-0.4, -0.2) is 37.9 Å². The molecule has 0 aliphatic rings. The topological polar surface area (TPSA) is 99.4 Å². The van der Waals surface area contributed by atoms with E-state index in [9.17, 15) is 9.59 Å². The molecule has 34 heavy (non-hydrogen) atoms. The molecule has 1 amide bonds. The zero-order chi connectivity index (χ0) is 24.1. The van der Waals surface area contributed by atoms with E-state index in [0.717, 1.165) is 16.2 Å². The minimum Gasteiger partial charge on any atom is -0.493 e. The molecule has 4 aromatic rings. The summed E-state index contributed by atoms with van der Waals surface area (Å²) in [6, 6.07) is 18.4. The summed E-state index contributed by atoms with van der Waals surface area (Å²) >= 11 is 0. The minimum absolute atomic E-state index is 0.165. The number of benzene rings is 3. The maximum Gasteiger partial charge on any atom is 0.344 e. The van der Waals surface area contributed by atoms with E-state index >= 15 is 0 Å². The van der Waals surface area contributed by atoms with Crippen LogP contribution in [0, 0.1) is 0 Å². The normalized spacial score (nSPS) is 11.3. The number of nitrogens with zero attached hydrogens (tertiary/aromatic N) is 1. The van der Waals surface area contributed by atoms with Gasteiger partial charge in [0.2, 0.25) is 0 Å². The number of amides is 1. The molecular weight excluding hydrogens is 436 g/mol. The summed E-state index contributed by atoms with van der Waals surface area (Å²) < 4.78 is 21.6. The van der Waals surface area contributed by atoms with Gasteiger partial charge in [-0.3, -0.25) is 4.79 Å². The molecule has 0 atom stereocenters. The number of hydrazone groups is 1. The summed E-state index contributed by atoms with van der Waals surface area (Å²) in [4.78, 5) is 24.2. The van der Waals surface area contributed by atoms with Crippen LogP contribution in [0.25, 0.3) is 21.7 Å². The number of ether oxygens (including phenoxy) is 3. The summed E-state index contributed by atoms with van der Waals surface area (Å²) in [5.74, 6) is 0.0323. The molecule has 1 heterocycles. The van der Waals surface area contributed by atoms with Gasteiger partial charge >= 0.3 is 11.9 Å². The first-order valence-corrected chi connectivity index (χ1v) is 10.7. The van der Waals surface area contributed by atoms with E-state index in [4.69, 9.17) is 18.6 Å². The maximum absolute atomic E-state index is 12.5. The zero-order valence-corrected chi connectivity index (χ0v) is 19.0. The van der Waals surface area contributed by atoms with E-state index in [0.29, 0.717) is 22.6 Å². The van der Waals surface area contributed by atoms with Crippen molar-refractivity contribution in [3.8, 4) is 11.5 Å². The molecule has 3 aromatic carbocycles. The molecule has 0 bridgehead atoms. The van der Waals surface area contributed by atoms with Gasteiger partial charge in [0.15, 0.2) is 23.9 Å². The van der Waals surface area contributed by atoms with E-state index in [1.165, 1.54) is 13.3 Å². The highest BCUT2D eigenvalue weighted by molar-refractivity contribution is 6.08. The van der Waals surface area contributed by atoms with Crippen molar-refractivity contribution in [1.82, 2.24) is 5.43 Å². The van der Waals surface area contributed by atoms with Crippen LogP contribution in [0.2, 0.25) is 0 Å². The number of rotatable bonds is 8. The summed E-state index contributed by atoms with van der Waals surface area (Å²) in [5.41, 5.74) is 3.76. The lowest BCUT2D eigenvalue weighted by Gasteiger charge is -2.12. The van der Waals surface area contributed by atoms with Crippen LogP contribution >= 0.6 is 0 Å². The number of hydrogen-bond donors (Lipinski definition) is 1. The van der Waals surface area contributed by atoms with E-state index in [1.807, 2.05) is 36.4 Å². The Balaban J connectivity index is 1.42. The zero-order valence-electron chi connectivity index (χ0n) is 19.0. The molecule has 0 aliphatic heterocycles. The van der Waals surface area contributed by atoms with Gasteiger partial charge in [-0.25, -0.2) is 10.2 Å². The van der Waals surface area contributed by atoms with Gasteiger partial charge in [0.05, 0.1) is 19.4 Å². The van der Waals surface area contributed by atoms with Gasteiger partial charge in [0.1, 0.15) is 5.58 Å². The molecule has 1 N–H and O–H groups in total. The number of methoxy groups -OCH3 is 1. The van der Waals surface area contributed by atoms with Crippen LogP contribution in [0.3, 0.4) is 0 Å². The lowest BCUT2D eigenvalue weighted by Crippen LogP contribution is -2.19. The van der Waals surface area contributed by atoms with Crippen molar-refractivity contribution in [2.45, 2.75) is 20.0 Å². The lowest BCUT2D eigenvalue weighted by atomic mass is 10.1. The van der Waals surface area contributed by atoms with Crippen molar-refractivity contribution in [2.24, 2.45) is 5.10 Å². The number of fused-ring (bicyclic) bond motifs is 3. The highest BCUT2D eigenvalue weighted by atomic mass is 16.6. The van der Waals surface area contributed by atoms with Gasteiger partial charge in [-0.2, -0.15) is 5.10 Å². The second-order valence-corrected chi connectivity index (χ2v) is 7.75. The Labute approximate surface area is 196 Å². The molecule has 0 radical (unpaired) electrons. The predicted octanol–water partition coefficient (Wildman–Crippen LogP) is 4.69. The Morgan fingerprint density at radius 2 is 1.85 bits per heavy atom. The van der Waals surface area contributed by atoms with Crippen LogP contribution in [0.5, 0.6) is 11.5 Å². The number of nitrogens with one attached hydrogen (secondary N) is 1. The average Bonchev–Trinajstić information content (AvgIpc) is 3.28. The van der Waals surface area contributed by atoms with Gasteiger partial charge in [-0.15, -0.1) is 0 Å². The molecule has 0 aliphatic carbocycles. The van der Waals surface area contributed by atoms with Crippen molar-refractivity contribution in [1.29, 1.82) is 0 Å². The van der Waals surface area contributed by atoms with Gasteiger partial charge < -0.3 is 18.6 Å². The van der Waals surface area contributed by atoms with E-state index < -0.39 is 11.9 Å². The van der Waals surface area contributed by atoms with Crippen molar-refractivity contribution < 1.29 is 28.2 Å². The largest absolute Gasteiger partial charge is 0.493 e. The fourth-order valence-corrected chi connectivity index (χ4v) is 3.44. The van der Waals surface area contributed by atoms with Crippen LogP contribution in [0.15, 0.2) is 70.2 Å². The number of esters is 1. The predicted molar refractivity (Wildman–Crippen MR) is 128 cm³/mol. The molecule has 8 nitrogen and oxygen atoms in total. The van der Waals surface area contributed by atoms with Gasteiger partial charge in [-0.05, 0) is 60.5 Å². The fourth-order valence-electron chi connectivity index (χ4n) is 3.44. The molecule has 0 unspecified atom stereocenters. The SMILES string of the molecule is COc1cc(/C=N/NC(=O)c2cc3c(ccc4ccccc43)o2)ccc1OCC(=O)OC(C)C. The third kappa shape index (κ3) is 5.17. The van der Waals surface area contributed by atoms with Crippen molar-refractivity contribution in [3.05, 3.63) is 72.0 Å². The molecule has 4 rings (SSSR count). The van der Waals surface area contributed by atoms with Crippen LogP contribution in [-0.2, 0) is 9.53 Å². The Bertz CT molecular complexity index is 1370. The highest BCUT2D eigenvalue weighted by Crippen LogP contribution is 2.29. The van der Waals surface area contributed by atoms with E-state index in [2.05, 4.69) is 10.5 Å². The molecule has 0 spiro atoms. The smallest absolute Gasteiger partial charge is 0.344 e. The number of carbonyl (C=O) groups is 2. The van der Waals surface area contributed by atoms with E-state index in [-0.39, 0.29) is 18.5 Å². The quantitative estimate of drug-likeness (QED) is 0.233. The first-order valence-electron chi connectivity index (χ1n) is 10.7. The Hall–Kier alpha value is -4.33. The second kappa shape index (κ2) is 10.1. The second-order valence-electron chi connectivity index (χ2n) is 7.75. The number of furan rings is 1. The van der Waals surface area contributed by atoms with Crippen molar-refractivity contribution >= 4 is 39.8 Å². The van der Waals surface area contributed by atoms with Gasteiger partial charge in [0.25, 0.3) is 0 Å². The van der Waals surface area contributed by atoms with E-state index in [1.54, 1.807) is 38.1 Å². The van der Waals surface area contributed by atoms with Crippen molar-refractivity contribution in [2.75, 3.05) is 13.7 Å². The third-order valence-electron chi connectivity index (χ3n) is 4.93. The summed E-state index contributed by atoms with van der Waals surface area (Å²) in [6.45, 7) is 3.30. The first kappa shape index (κ1) is 22.8. The average molecular weight is 460 g/mol. The maximum atomic E-state index is 12.5. The van der Waals surface area contributed by atoms with Gasteiger partial charge in [-0.1, -0.05) is 30.3 Å². The molecule has 174 valence electrons. The lowest BCUT2D eigenvalue weighted by molar-refractivity contribution is -0.149. The monoisotopic (exact) mass is 460 g/mol. The summed E-state index contributed by atoms with van der Waals surface area (Å²) in [5, 5.41) is 6.95. The molecule has 0 saturated heterocycles. The summed E-state index contributed by atoms with van der Waals surface area (Å²) in [7, 11) is 1.49. The number of carbonyl (C=O) groups excluding carboxylic acids is 2. The highest BCUT2D eigenvalue weighted by Gasteiger charge is 2.14. The van der Waals surface area contributed by atoms with Gasteiger partial charge in [0, 0.05) is 5.39 Å². The molecule has 0 saturated carbocycles. The Morgan fingerprint density at radius 3 is 2.65 bits per heavy atom. The fraction of sp³-hybridized carbons (Fsp3) is 0.192. The third-order valence-corrected chi connectivity index (χ3v) is 4.93. The Morgan fingerprint density at radius 1 is 1.03 bits per heavy atom.